The molecule has 1 amide bonds. The molecule has 1 aliphatic heterocycles. The van der Waals surface area contributed by atoms with Gasteiger partial charge in [0, 0.05) is 63.7 Å². The molecule has 0 radical (unpaired) electrons. The number of piperazine rings is 1. The summed E-state index contributed by atoms with van der Waals surface area (Å²) in [5.41, 5.74) is 2.10. The Morgan fingerprint density at radius 2 is 2.07 bits per heavy atom. The van der Waals surface area contributed by atoms with Gasteiger partial charge in [-0.3, -0.25) is 9.78 Å². The summed E-state index contributed by atoms with van der Waals surface area (Å²) in [6, 6.07) is 14.0. The maximum Gasteiger partial charge on any atom is 0.242 e. The third kappa shape index (κ3) is 4.46. The van der Waals surface area contributed by atoms with Crippen molar-refractivity contribution in [3.05, 3.63) is 78.6 Å². The SMILES string of the molecule is Cn1ccnc1C1CNCCN1C(=O)CN(Cc1cccnc1)c1ccccc1. The van der Waals surface area contributed by atoms with Crippen molar-refractivity contribution in [2.24, 2.45) is 7.05 Å². The number of carbonyl (C=O) groups excluding carboxylic acids is 1. The standard InChI is InChI=1S/C22H26N6O/c1-26-12-11-25-22(26)20-15-24-10-13-28(20)21(29)17-27(19-7-3-2-4-8-19)16-18-6-5-9-23-14-18/h2-9,11-12,14,20,24H,10,13,15-17H2,1H3. The summed E-state index contributed by atoms with van der Waals surface area (Å²) in [6.07, 6.45) is 7.32. The van der Waals surface area contributed by atoms with Crippen LogP contribution in [0.25, 0.3) is 0 Å². The quantitative estimate of drug-likeness (QED) is 0.697. The summed E-state index contributed by atoms with van der Waals surface area (Å²) in [5.74, 6) is 1.01. The van der Waals surface area contributed by atoms with Gasteiger partial charge in [0.25, 0.3) is 0 Å². The molecule has 150 valence electrons. The van der Waals surface area contributed by atoms with Gasteiger partial charge in [0.15, 0.2) is 0 Å². The molecule has 0 bridgehead atoms. The number of imidazole rings is 1. The Morgan fingerprint density at radius 3 is 2.79 bits per heavy atom. The molecule has 3 aromatic rings. The number of pyridine rings is 1. The molecule has 2 aromatic heterocycles. The number of hydrogen-bond donors (Lipinski definition) is 1. The van der Waals surface area contributed by atoms with Crippen LogP contribution in [0.15, 0.2) is 67.3 Å². The van der Waals surface area contributed by atoms with Crippen molar-refractivity contribution in [2.45, 2.75) is 12.6 Å². The Labute approximate surface area is 171 Å². The molecule has 29 heavy (non-hydrogen) atoms. The third-order valence-electron chi connectivity index (χ3n) is 5.26. The lowest BCUT2D eigenvalue weighted by molar-refractivity contribution is -0.133. The zero-order valence-corrected chi connectivity index (χ0v) is 16.6. The first kappa shape index (κ1) is 19.1. The zero-order valence-electron chi connectivity index (χ0n) is 16.6. The molecule has 1 N–H and O–H groups in total. The molecule has 4 rings (SSSR count). The summed E-state index contributed by atoms with van der Waals surface area (Å²) in [4.78, 5) is 26.2. The van der Waals surface area contributed by atoms with Gasteiger partial charge in [-0.05, 0) is 23.8 Å². The molecular weight excluding hydrogens is 364 g/mol. The fraction of sp³-hybridized carbons (Fsp3) is 0.318. The van der Waals surface area contributed by atoms with E-state index in [4.69, 9.17) is 0 Å². The van der Waals surface area contributed by atoms with Crippen LogP contribution in [0.1, 0.15) is 17.4 Å². The number of amides is 1. The number of aryl methyl sites for hydroxylation is 1. The number of hydrogen-bond acceptors (Lipinski definition) is 5. The highest BCUT2D eigenvalue weighted by molar-refractivity contribution is 5.82. The monoisotopic (exact) mass is 390 g/mol. The van der Waals surface area contributed by atoms with Gasteiger partial charge in [-0.25, -0.2) is 4.98 Å². The number of rotatable bonds is 6. The van der Waals surface area contributed by atoms with Crippen molar-refractivity contribution in [3.8, 4) is 0 Å². The number of para-hydroxylation sites is 1. The summed E-state index contributed by atoms with van der Waals surface area (Å²) >= 11 is 0. The number of nitrogens with one attached hydrogen (secondary N) is 1. The van der Waals surface area contributed by atoms with Crippen LogP contribution in [0.3, 0.4) is 0 Å². The molecule has 1 fully saturated rings. The highest BCUT2D eigenvalue weighted by Crippen LogP contribution is 2.22. The predicted molar refractivity (Wildman–Crippen MR) is 112 cm³/mol. The van der Waals surface area contributed by atoms with Crippen LogP contribution in [0.5, 0.6) is 0 Å². The van der Waals surface area contributed by atoms with Crippen molar-refractivity contribution in [1.29, 1.82) is 0 Å². The topological polar surface area (TPSA) is 66.3 Å². The number of benzene rings is 1. The lowest BCUT2D eigenvalue weighted by atomic mass is 10.1. The molecule has 1 atom stereocenters. The lowest BCUT2D eigenvalue weighted by Gasteiger charge is -2.37. The van der Waals surface area contributed by atoms with Crippen LogP contribution in [-0.2, 0) is 18.4 Å². The average Bonchev–Trinajstić information content (AvgIpc) is 3.20. The van der Waals surface area contributed by atoms with E-state index in [2.05, 4.69) is 20.2 Å². The van der Waals surface area contributed by atoms with Gasteiger partial charge in [-0.2, -0.15) is 0 Å². The molecular formula is C22H26N6O. The van der Waals surface area contributed by atoms with Gasteiger partial charge in [0.05, 0.1) is 6.54 Å². The van der Waals surface area contributed by atoms with Crippen LogP contribution in [0, 0.1) is 0 Å². The molecule has 1 unspecified atom stereocenters. The second kappa shape index (κ2) is 8.87. The Bertz CT molecular complexity index is 927. The van der Waals surface area contributed by atoms with Gasteiger partial charge in [-0.15, -0.1) is 0 Å². The third-order valence-corrected chi connectivity index (χ3v) is 5.26. The Morgan fingerprint density at radius 1 is 1.21 bits per heavy atom. The van der Waals surface area contributed by atoms with E-state index >= 15 is 0 Å². The normalized spacial score (nSPS) is 16.6. The Balaban J connectivity index is 1.56. The van der Waals surface area contributed by atoms with Crippen molar-refractivity contribution in [1.82, 2.24) is 24.8 Å². The Hall–Kier alpha value is -3.19. The molecule has 0 saturated carbocycles. The summed E-state index contributed by atoms with van der Waals surface area (Å²) in [6.45, 7) is 3.11. The molecule has 7 heteroatoms. The average molecular weight is 390 g/mol. The van der Waals surface area contributed by atoms with Crippen LogP contribution in [-0.4, -0.2) is 51.5 Å². The second-order valence-electron chi connectivity index (χ2n) is 7.26. The molecule has 3 heterocycles. The lowest BCUT2D eigenvalue weighted by Crippen LogP contribution is -2.52. The minimum atomic E-state index is -0.0627. The van der Waals surface area contributed by atoms with E-state index in [0.717, 1.165) is 23.6 Å². The van der Waals surface area contributed by atoms with E-state index in [0.29, 0.717) is 26.2 Å². The van der Waals surface area contributed by atoms with E-state index < -0.39 is 0 Å². The maximum atomic E-state index is 13.4. The van der Waals surface area contributed by atoms with E-state index in [-0.39, 0.29) is 11.9 Å². The highest BCUT2D eigenvalue weighted by Gasteiger charge is 2.31. The summed E-state index contributed by atoms with van der Waals surface area (Å²) < 4.78 is 1.99. The molecule has 0 spiro atoms. The fourth-order valence-electron chi connectivity index (χ4n) is 3.78. The molecule has 7 nitrogen and oxygen atoms in total. The smallest absolute Gasteiger partial charge is 0.242 e. The van der Waals surface area contributed by atoms with Gasteiger partial charge < -0.3 is 19.7 Å². The summed E-state index contributed by atoms with van der Waals surface area (Å²) in [7, 11) is 1.97. The summed E-state index contributed by atoms with van der Waals surface area (Å²) in [5, 5.41) is 3.39. The van der Waals surface area contributed by atoms with Crippen molar-refractivity contribution < 1.29 is 4.79 Å². The van der Waals surface area contributed by atoms with Crippen LogP contribution in [0.4, 0.5) is 5.69 Å². The van der Waals surface area contributed by atoms with E-state index in [9.17, 15) is 4.79 Å². The molecule has 1 aliphatic rings. The molecule has 1 saturated heterocycles. The minimum Gasteiger partial charge on any atom is -0.358 e. The first-order valence-corrected chi connectivity index (χ1v) is 9.88. The number of nitrogens with zero attached hydrogens (tertiary/aromatic N) is 5. The van der Waals surface area contributed by atoms with E-state index in [1.54, 1.807) is 12.4 Å². The van der Waals surface area contributed by atoms with Gasteiger partial charge in [-0.1, -0.05) is 24.3 Å². The first-order valence-electron chi connectivity index (χ1n) is 9.88. The van der Waals surface area contributed by atoms with Crippen molar-refractivity contribution >= 4 is 11.6 Å². The first-order chi connectivity index (χ1) is 14.2. The van der Waals surface area contributed by atoms with Gasteiger partial charge >= 0.3 is 0 Å². The molecule has 0 aliphatic carbocycles. The fourth-order valence-corrected chi connectivity index (χ4v) is 3.78. The maximum absolute atomic E-state index is 13.4. The molecule has 1 aromatic carbocycles. The number of carbonyl (C=O) groups is 1. The van der Waals surface area contributed by atoms with Gasteiger partial charge in [0.2, 0.25) is 5.91 Å². The second-order valence-corrected chi connectivity index (χ2v) is 7.26. The van der Waals surface area contributed by atoms with E-state index in [1.807, 2.05) is 71.4 Å². The zero-order chi connectivity index (χ0) is 20.1. The van der Waals surface area contributed by atoms with Crippen molar-refractivity contribution in [2.75, 3.05) is 31.1 Å². The minimum absolute atomic E-state index is 0.0627. The van der Waals surface area contributed by atoms with Crippen LogP contribution >= 0.6 is 0 Å². The van der Waals surface area contributed by atoms with Gasteiger partial charge in [0.1, 0.15) is 11.9 Å². The predicted octanol–water partition coefficient (Wildman–Crippen LogP) is 1.99. The largest absolute Gasteiger partial charge is 0.358 e. The van der Waals surface area contributed by atoms with Crippen LogP contribution < -0.4 is 10.2 Å². The Kier molecular flexibility index (Phi) is 5.86. The van der Waals surface area contributed by atoms with E-state index in [1.165, 1.54) is 0 Å². The van der Waals surface area contributed by atoms with Crippen molar-refractivity contribution in [3.63, 3.8) is 0 Å². The number of aromatic nitrogens is 3. The van der Waals surface area contributed by atoms with Crippen LogP contribution in [0.2, 0.25) is 0 Å². The number of anilines is 1. The highest BCUT2D eigenvalue weighted by atomic mass is 16.2.